The summed E-state index contributed by atoms with van der Waals surface area (Å²) in [4.78, 5) is 7.60. The first-order valence-electron chi connectivity index (χ1n) is 7.50. The Kier molecular flexibility index (Phi) is 3.28. The van der Waals surface area contributed by atoms with Crippen molar-refractivity contribution >= 4 is 20.9 Å². The largest absolute Gasteiger partial charge is 0.345 e. The van der Waals surface area contributed by atoms with Crippen LogP contribution in [0.25, 0.3) is 22.3 Å². The maximum absolute atomic E-state index is 13.1. The third kappa shape index (κ3) is 2.15. The molecule has 4 aromatic rings. The molecule has 1 N–H and O–H groups in total. The van der Waals surface area contributed by atoms with Crippen molar-refractivity contribution in [3.63, 3.8) is 0 Å². The Balaban J connectivity index is 2.06. The summed E-state index contributed by atoms with van der Waals surface area (Å²) in [5, 5.41) is 0.881. The third-order valence-electron chi connectivity index (χ3n) is 4.06. The van der Waals surface area contributed by atoms with Crippen molar-refractivity contribution in [2.45, 2.75) is 11.8 Å². The number of nitrogens with one attached hydrogen (secondary N) is 1. The molecule has 0 fully saturated rings. The first-order chi connectivity index (χ1) is 11.6. The number of aromatic nitrogens is 3. The Labute approximate surface area is 139 Å². The van der Waals surface area contributed by atoms with Gasteiger partial charge in [-0.15, -0.1) is 0 Å². The molecule has 0 aliphatic carbocycles. The standard InChI is InChI=1S/C18H15N3O2S/c1-13-6-5-9-16-17(13)15(18-19-10-11-20-18)12-21(16)24(22,23)14-7-3-2-4-8-14/h2-12H,1H3,(H,19,20). The van der Waals surface area contributed by atoms with Gasteiger partial charge in [-0.05, 0) is 30.7 Å². The van der Waals surface area contributed by atoms with E-state index < -0.39 is 10.0 Å². The molecule has 0 amide bonds. The van der Waals surface area contributed by atoms with Gasteiger partial charge in [-0.3, -0.25) is 0 Å². The Morgan fingerprint density at radius 2 is 1.83 bits per heavy atom. The fourth-order valence-electron chi connectivity index (χ4n) is 2.93. The molecule has 0 spiro atoms. The van der Waals surface area contributed by atoms with Gasteiger partial charge in [-0.2, -0.15) is 0 Å². The van der Waals surface area contributed by atoms with Gasteiger partial charge in [0.15, 0.2) is 0 Å². The summed E-state index contributed by atoms with van der Waals surface area (Å²) in [6.45, 7) is 1.97. The van der Waals surface area contributed by atoms with Crippen LogP contribution in [0.15, 0.2) is 72.0 Å². The first-order valence-corrected chi connectivity index (χ1v) is 8.94. The highest BCUT2D eigenvalue weighted by molar-refractivity contribution is 7.90. The quantitative estimate of drug-likeness (QED) is 0.621. The minimum Gasteiger partial charge on any atom is -0.345 e. The van der Waals surface area contributed by atoms with Gasteiger partial charge in [0.1, 0.15) is 5.82 Å². The van der Waals surface area contributed by atoms with E-state index in [1.54, 1.807) is 48.9 Å². The van der Waals surface area contributed by atoms with Crippen molar-refractivity contribution in [1.29, 1.82) is 0 Å². The van der Waals surface area contributed by atoms with Gasteiger partial charge < -0.3 is 4.98 Å². The van der Waals surface area contributed by atoms with Crippen molar-refractivity contribution in [2.75, 3.05) is 0 Å². The average molecular weight is 337 g/mol. The summed E-state index contributed by atoms with van der Waals surface area (Å²) in [7, 11) is -3.68. The molecule has 5 nitrogen and oxygen atoms in total. The topological polar surface area (TPSA) is 67.8 Å². The number of nitrogens with zero attached hydrogens (tertiary/aromatic N) is 2. The number of hydrogen-bond donors (Lipinski definition) is 1. The van der Waals surface area contributed by atoms with E-state index in [0.717, 1.165) is 16.5 Å². The van der Waals surface area contributed by atoms with Gasteiger partial charge in [0.05, 0.1) is 10.4 Å². The van der Waals surface area contributed by atoms with Gasteiger partial charge in [0, 0.05) is 29.5 Å². The zero-order valence-electron chi connectivity index (χ0n) is 13.0. The maximum atomic E-state index is 13.1. The molecular weight excluding hydrogens is 322 g/mol. The fraction of sp³-hybridized carbons (Fsp3) is 0.0556. The Morgan fingerprint density at radius 3 is 2.54 bits per heavy atom. The Hall–Kier alpha value is -2.86. The van der Waals surface area contributed by atoms with Crippen molar-refractivity contribution in [3.05, 3.63) is 72.7 Å². The second-order valence-corrected chi connectivity index (χ2v) is 7.38. The summed E-state index contributed by atoms with van der Waals surface area (Å²) < 4.78 is 27.5. The van der Waals surface area contributed by atoms with Crippen molar-refractivity contribution in [2.24, 2.45) is 0 Å². The van der Waals surface area contributed by atoms with Gasteiger partial charge in [-0.25, -0.2) is 17.4 Å². The monoisotopic (exact) mass is 337 g/mol. The van der Waals surface area contributed by atoms with Crippen molar-refractivity contribution < 1.29 is 8.42 Å². The zero-order chi connectivity index (χ0) is 16.7. The molecule has 6 heteroatoms. The molecule has 0 aliphatic heterocycles. The van der Waals surface area contributed by atoms with Gasteiger partial charge in [-0.1, -0.05) is 30.3 Å². The molecule has 2 heterocycles. The number of rotatable bonds is 3. The molecule has 120 valence electrons. The van der Waals surface area contributed by atoms with Crippen molar-refractivity contribution in [1.82, 2.24) is 13.9 Å². The molecule has 0 saturated heterocycles. The van der Waals surface area contributed by atoms with Crippen LogP contribution < -0.4 is 0 Å². The smallest absolute Gasteiger partial charge is 0.268 e. The van der Waals surface area contributed by atoms with Crippen LogP contribution in [-0.2, 0) is 10.0 Å². The van der Waals surface area contributed by atoms with Gasteiger partial charge in [0.2, 0.25) is 0 Å². The average Bonchev–Trinajstić information content (AvgIpc) is 3.23. The molecule has 24 heavy (non-hydrogen) atoms. The van der Waals surface area contributed by atoms with E-state index in [1.807, 2.05) is 25.1 Å². The van der Waals surface area contributed by atoms with Gasteiger partial charge >= 0.3 is 0 Å². The normalized spacial score (nSPS) is 11.9. The Morgan fingerprint density at radius 1 is 1.04 bits per heavy atom. The van der Waals surface area contributed by atoms with Crippen LogP contribution in [-0.4, -0.2) is 22.4 Å². The van der Waals surface area contributed by atoms with Gasteiger partial charge in [0.25, 0.3) is 10.0 Å². The number of benzene rings is 2. The maximum Gasteiger partial charge on any atom is 0.268 e. The second kappa shape index (κ2) is 5.35. The van der Waals surface area contributed by atoms with Crippen LogP contribution in [0.2, 0.25) is 0 Å². The second-order valence-electron chi connectivity index (χ2n) is 5.56. The lowest BCUT2D eigenvalue weighted by Crippen LogP contribution is -2.11. The SMILES string of the molecule is Cc1cccc2c1c(-c1ncc[nH]1)cn2S(=O)(=O)c1ccccc1. The van der Waals surface area contributed by atoms with E-state index in [-0.39, 0.29) is 4.90 Å². The number of hydrogen-bond acceptors (Lipinski definition) is 3. The molecule has 0 unspecified atom stereocenters. The zero-order valence-corrected chi connectivity index (χ0v) is 13.8. The molecule has 4 rings (SSSR count). The fourth-order valence-corrected chi connectivity index (χ4v) is 4.32. The molecule has 0 atom stereocenters. The van der Waals surface area contributed by atoms with Crippen LogP contribution in [0.4, 0.5) is 0 Å². The molecular formula is C18H15N3O2S. The van der Waals surface area contributed by atoms with E-state index in [1.165, 1.54) is 3.97 Å². The molecule has 0 radical (unpaired) electrons. The molecule has 2 aromatic heterocycles. The van der Waals surface area contributed by atoms with E-state index >= 15 is 0 Å². The third-order valence-corrected chi connectivity index (χ3v) is 5.75. The number of aromatic amines is 1. The molecule has 0 bridgehead atoms. The van der Waals surface area contributed by atoms with Crippen LogP contribution in [0.3, 0.4) is 0 Å². The molecule has 0 saturated carbocycles. The lowest BCUT2D eigenvalue weighted by atomic mass is 10.1. The summed E-state index contributed by atoms with van der Waals surface area (Å²) in [6.07, 6.45) is 5.02. The van der Waals surface area contributed by atoms with E-state index in [0.29, 0.717) is 11.3 Å². The van der Waals surface area contributed by atoms with E-state index in [4.69, 9.17) is 0 Å². The number of imidazole rings is 1. The Bertz CT molecular complexity index is 1110. The summed E-state index contributed by atoms with van der Waals surface area (Å²) in [5.74, 6) is 0.649. The minimum atomic E-state index is -3.68. The van der Waals surface area contributed by atoms with E-state index in [9.17, 15) is 8.42 Å². The summed E-state index contributed by atoms with van der Waals surface area (Å²) in [6, 6.07) is 14.1. The van der Waals surface area contributed by atoms with Crippen molar-refractivity contribution in [3.8, 4) is 11.4 Å². The predicted octanol–water partition coefficient (Wildman–Crippen LogP) is 3.58. The lowest BCUT2D eigenvalue weighted by molar-refractivity contribution is 0.589. The van der Waals surface area contributed by atoms with Crippen LogP contribution in [0.1, 0.15) is 5.56 Å². The summed E-state index contributed by atoms with van der Waals surface area (Å²) in [5.41, 5.74) is 2.42. The summed E-state index contributed by atoms with van der Waals surface area (Å²) >= 11 is 0. The number of fused-ring (bicyclic) bond motifs is 1. The molecule has 0 aliphatic rings. The lowest BCUT2D eigenvalue weighted by Gasteiger charge is -2.07. The first kappa shape index (κ1) is 14.7. The predicted molar refractivity (Wildman–Crippen MR) is 93.3 cm³/mol. The van der Waals surface area contributed by atoms with Crippen LogP contribution in [0.5, 0.6) is 0 Å². The van der Waals surface area contributed by atoms with E-state index in [2.05, 4.69) is 9.97 Å². The van der Waals surface area contributed by atoms with Crippen LogP contribution in [0, 0.1) is 6.92 Å². The highest BCUT2D eigenvalue weighted by Crippen LogP contribution is 2.33. The van der Waals surface area contributed by atoms with Crippen LogP contribution >= 0.6 is 0 Å². The highest BCUT2D eigenvalue weighted by atomic mass is 32.2. The highest BCUT2D eigenvalue weighted by Gasteiger charge is 2.23. The number of aryl methyl sites for hydroxylation is 1. The minimum absolute atomic E-state index is 0.259. The molecule has 2 aromatic carbocycles. The number of H-pyrrole nitrogens is 1.